The van der Waals surface area contributed by atoms with Gasteiger partial charge in [-0.25, -0.2) is 4.98 Å². The van der Waals surface area contributed by atoms with Crippen LogP contribution in [0, 0.1) is 13.8 Å². The lowest BCUT2D eigenvalue weighted by molar-refractivity contribution is 0.102. The summed E-state index contributed by atoms with van der Waals surface area (Å²) in [5.74, 6) is -0.116. The molecule has 5 heteroatoms. The largest absolute Gasteiger partial charge is 0.298 e. The van der Waals surface area contributed by atoms with Crippen molar-refractivity contribution < 1.29 is 4.79 Å². The molecule has 0 spiro atoms. The summed E-state index contributed by atoms with van der Waals surface area (Å²) < 4.78 is 1.10. The SMILES string of the molecule is Cc1cc(C)c2nc(NC(=O)c3cccc(SC(C)C)c3)sc2c1. The second-order valence-electron chi connectivity index (χ2n) is 6.10. The number of carbonyl (C=O) groups excluding carboxylic acids is 1. The van der Waals surface area contributed by atoms with Gasteiger partial charge in [-0.05, 0) is 49.2 Å². The average molecular weight is 357 g/mol. The van der Waals surface area contributed by atoms with Crippen molar-refractivity contribution in [2.45, 2.75) is 37.8 Å². The average Bonchev–Trinajstić information content (AvgIpc) is 2.89. The monoisotopic (exact) mass is 356 g/mol. The summed E-state index contributed by atoms with van der Waals surface area (Å²) >= 11 is 3.27. The van der Waals surface area contributed by atoms with Crippen molar-refractivity contribution in [3.05, 3.63) is 53.1 Å². The second-order valence-corrected chi connectivity index (χ2v) is 8.78. The van der Waals surface area contributed by atoms with Crippen LogP contribution in [0.15, 0.2) is 41.3 Å². The molecular weight excluding hydrogens is 336 g/mol. The number of aryl methyl sites for hydroxylation is 2. The van der Waals surface area contributed by atoms with Gasteiger partial charge in [-0.2, -0.15) is 0 Å². The number of thioether (sulfide) groups is 1. The Hall–Kier alpha value is -1.85. The summed E-state index contributed by atoms with van der Waals surface area (Å²) in [5.41, 5.74) is 3.97. The molecule has 1 heterocycles. The number of rotatable bonds is 4. The molecule has 3 nitrogen and oxygen atoms in total. The smallest absolute Gasteiger partial charge is 0.257 e. The lowest BCUT2D eigenvalue weighted by atomic mass is 10.1. The van der Waals surface area contributed by atoms with E-state index in [1.165, 1.54) is 16.9 Å². The number of thiazole rings is 1. The topological polar surface area (TPSA) is 42.0 Å². The lowest BCUT2D eigenvalue weighted by Gasteiger charge is -2.07. The number of hydrogen-bond donors (Lipinski definition) is 1. The Labute approximate surface area is 150 Å². The highest BCUT2D eigenvalue weighted by molar-refractivity contribution is 7.99. The normalized spacial score (nSPS) is 11.2. The van der Waals surface area contributed by atoms with Gasteiger partial charge in [-0.15, -0.1) is 11.8 Å². The van der Waals surface area contributed by atoms with Crippen LogP contribution in [-0.4, -0.2) is 16.1 Å². The zero-order chi connectivity index (χ0) is 17.3. The van der Waals surface area contributed by atoms with Crippen LogP contribution in [0.2, 0.25) is 0 Å². The maximum Gasteiger partial charge on any atom is 0.257 e. The molecule has 0 saturated carbocycles. The number of nitrogens with one attached hydrogen (secondary N) is 1. The van der Waals surface area contributed by atoms with E-state index < -0.39 is 0 Å². The van der Waals surface area contributed by atoms with E-state index in [-0.39, 0.29) is 5.91 Å². The Bertz CT molecular complexity index is 900. The zero-order valence-corrected chi connectivity index (χ0v) is 15.8. The van der Waals surface area contributed by atoms with Crippen LogP contribution in [0.3, 0.4) is 0 Å². The third kappa shape index (κ3) is 3.79. The van der Waals surface area contributed by atoms with Crippen LogP contribution in [0.4, 0.5) is 5.13 Å². The van der Waals surface area contributed by atoms with Crippen LogP contribution in [0.25, 0.3) is 10.2 Å². The van der Waals surface area contributed by atoms with Gasteiger partial charge in [0.15, 0.2) is 5.13 Å². The number of benzene rings is 2. The molecule has 1 aromatic heterocycles. The third-order valence-corrected chi connectivity index (χ3v) is 5.43. The van der Waals surface area contributed by atoms with E-state index in [9.17, 15) is 4.79 Å². The number of hydrogen-bond acceptors (Lipinski definition) is 4. The van der Waals surface area contributed by atoms with E-state index in [0.29, 0.717) is 15.9 Å². The highest BCUT2D eigenvalue weighted by Gasteiger charge is 2.12. The Morgan fingerprint density at radius 2 is 2.00 bits per heavy atom. The van der Waals surface area contributed by atoms with E-state index in [1.54, 1.807) is 11.8 Å². The van der Waals surface area contributed by atoms with Gasteiger partial charge >= 0.3 is 0 Å². The summed E-state index contributed by atoms with van der Waals surface area (Å²) in [7, 11) is 0. The maximum atomic E-state index is 12.5. The van der Waals surface area contributed by atoms with E-state index in [4.69, 9.17) is 0 Å². The fraction of sp³-hybridized carbons (Fsp3) is 0.263. The summed E-state index contributed by atoms with van der Waals surface area (Å²) in [5, 5.41) is 4.06. The molecule has 0 bridgehead atoms. The first-order valence-corrected chi connectivity index (χ1v) is 9.58. The van der Waals surface area contributed by atoms with Crippen molar-refractivity contribution >= 4 is 44.4 Å². The molecule has 0 atom stereocenters. The van der Waals surface area contributed by atoms with Crippen molar-refractivity contribution in [3.8, 4) is 0 Å². The van der Waals surface area contributed by atoms with E-state index >= 15 is 0 Å². The predicted molar refractivity (Wildman–Crippen MR) is 104 cm³/mol. The van der Waals surface area contributed by atoms with E-state index in [2.05, 4.69) is 43.2 Å². The summed E-state index contributed by atoms with van der Waals surface area (Å²) in [4.78, 5) is 18.2. The number of amides is 1. The first kappa shape index (κ1) is 17.0. The molecule has 1 amide bonds. The minimum Gasteiger partial charge on any atom is -0.298 e. The number of fused-ring (bicyclic) bond motifs is 1. The highest BCUT2D eigenvalue weighted by Crippen LogP contribution is 2.30. The van der Waals surface area contributed by atoms with Gasteiger partial charge < -0.3 is 0 Å². The molecular formula is C19H20N2OS2. The number of anilines is 1. The van der Waals surface area contributed by atoms with E-state index in [0.717, 1.165) is 20.7 Å². The maximum absolute atomic E-state index is 12.5. The second kappa shape index (κ2) is 6.95. The van der Waals surface area contributed by atoms with Crippen molar-refractivity contribution in [2.24, 2.45) is 0 Å². The molecule has 0 unspecified atom stereocenters. The predicted octanol–water partition coefficient (Wildman–Crippen LogP) is 5.67. The highest BCUT2D eigenvalue weighted by atomic mass is 32.2. The van der Waals surface area contributed by atoms with Crippen molar-refractivity contribution in [2.75, 3.05) is 5.32 Å². The van der Waals surface area contributed by atoms with Gasteiger partial charge in [0.25, 0.3) is 5.91 Å². The quantitative estimate of drug-likeness (QED) is 0.613. The van der Waals surface area contributed by atoms with Crippen molar-refractivity contribution in [1.29, 1.82) is 0 Å². The lowest BCUT2D eigenvalue weighted by Crippen LogP contribution is -2.11. The number of nitrogens with zero attached hydrogens (tertiary/aromatic N) is 1. The van der Waals surface area contributed by atoms with Gasteiger partial charge in [0, 0.05) is 15.7 Å². The Kier molecular flexibility index (Phi) is 4.92. The van der Waals surface area contributed by atoms with Crippen LogP contribution in [0.1, 0.15) is 35.3 Å². The molecule has 0 aliphatic rings. The molecule has 24 heavy (non-hydrogen) atoms. The summed E-state index contributed by atoms with van der Waals surface area (Å²) in [6.07, 6.45) is 0. The van der Waals surface area contributed by atoms with Crippen molar-refractivity contribution in [3.63, 3.8) is 0 Å². The number of aromatic nitrogens is 1. The molecule has 0 aliphatic carbocycles. The minimum absolute atomic E-state index is 0.116. The van der Waals surface area contributed by atoms with Gasteiger partial charge in [0.2, 0.25) is 0 Å². The standard InChI is InChI=1S/C19H20N2OS2/c1-11(2)23-15-7-5-6-14(10-15)18(22)21-19-20-17-13(4)8-12(3)9-16(17)24-19/h5-11H,1-4H3,(H,20,21,22). The fourth-order valence-corrected chi connectivity index (χ4v) is 4.51. The molecule has 0 radical (unpaired) electrons. The third-order valence-electron chi connectivity index (χ3n) is 3.52. The van der Waals surface area contributed by atoms with Crippen molar-refractivity contribution in [1.82, 2.24) is 4.98 Å². The fourth-order valence-electron chi connectivity index (χ4n) is 2.58. The van der Waals surface area contributed by atoms with Gasteiger partial charge in [0.1, 0.15) is 0 Å². The molecule has 2 aromatic carbocycles. The number of carbonyl (C=O) groups is 1. The molecule has 0 fully saturated rings. The zero-order valence-electron chi connectivity index (χ0n) is 14.2. The van der Waals surface area contributed by atoms with Crippen LogP contribution >= 0.6 is 23.1 Å². The molecule has 0 saturated heterocycles. The molecule has 3 rings (SSSR count). The molecule has 3 aromatic rings. The first-order chi connectivity index (χ1) is 11.4. The van der Waals surface area contributed by atoms with Gasteiger partial charge in [-0.3, -0.25) is 10.1 Å². The minimum atomic E-state index is -0.116. The van der Waals surface area contributed by atoms with E-state index in [1.807, 2.05) is 31.2 Å². The van der Waals surface area contributed by atoms with Crippen LogP contribution in [0.5, 0.6) is 0 Å². The van der Waals surface area contributed by atoms with Gasteiger partial charge in [0.05, 0.1) is 10.2 Å². The summed E-state index contributed by atoms with van der Waals surface area (Å²) in [6.45, 7) is 8.40. The van der Waals surface area contributed by atoms with Crippen LogP contribution in [-0.2, 0) is 0 Å². The molecule has 1 N–H and O–H groups in total. The molecule has 124 valence electrons. The Balaban J connectivity index is 1.83. The summed E-state index contributed by atoms with van der Waals surface area (Å²) in [6, 6.07) is 11.9. The first-order valence-electron chi connectivity index (χ1n) is 7.88. The van der Waals surface area contributed by atoms with Gasteiger partial charge in [-0.1, -0.05) is 37.3 Å². The molecule has 0 aliphatic heterocycles. The Morgan fingerprint density at radius 1 is 1.21 bits per heavy atom. The Morgan fingerprint density at radius 3 is 2.75 bits per heavy atom. The van der Waals surface area contributed by atoms with Crippen LogP contribution < -0.4 is 5.32 Å².